The normalized spacial score (nSPS) is 15.1. The molecular weight excluding hydrogens is 366 g/mol. The predicted molar refractivity (Wildman–Crippen MR) is 113 cm³/mol. The summed E-state index contributed by atoms with van der Waals surface area (Å²) in [7, 11) is 0. The molecule has 0 unspecified atom stereocenters. The number of nitrogens with one attached hydrogen (secondary N) is 2. The van der Waals surface area contributed by atoms with Gasteiger partial charge in [-0.05, 0) is 41.0 Å². The van der Waals surface area contributed by atoms with Gasteiger partial charge in [0, 0.05) is 44.4 Å². The highest BCUT2D eigenvalue weighted by Crippen LogP contribution is 2.13. The molecule has 29 heavy (non-hydrogen) atoms. The zero-order valence-corrected chi connectivity index (χ0v) is 16.2. The SMILES string of the molecule is O=C(/C=C/c1cccc(/C=C/C(=O)c2cccc(CN3CCNCC3)c2)c1)NO. The molecule has 0 spiro atoms. The van der Waals surface area contributed by atoms with Gasteiger partial charge in [0.15, 0.2) is 5.78 Å². The minimum atomic E-state index is -0.596. The Balaban J connectivity index is 1.65. The number of hydrogen-bond acceptors (Lipinski definition) is 5. The maximum atomic E-state index is 12.6. The van der Waals surface area contributed by atoms with Crippen molar-refractivity contribution in [2.75, 3.05) is 26.2 Å². The number of hydroxylamine groups is 1. The number of carbonyl (C=O) groups is 2. The second-order valence-corrected chi connectivity index (χ2v) is 6.90. The number of ketones is 1. The van der Waals surface area contributed by atoms with Gasteiger partial charge in [0.1, 0.15) is 0 Å². The first-order chi connectivity index (χ1) is 14.1. The van der Waals surface area contributed by atoms with E-state index in [9.17, 15) is 9.59 Å². The standard InChI is InChI=1S/C23H25N3O3/c27-22(9-7-18-3-1-4-19(15-18)8-10-23(28)25-29)21-6-2-5-20(16-21)17-26-13-11-24-12-14-26/h1-10,15-16,24,29H,11-14,17H2,(H,25,28)/b9-7+,10-8+. The fourth-order valence-electron chi connectivity index (χ4n) is 3.19. The molecule has 3 rings (SSSR count). The summed E-state index contributed by atoms with van der Waals surface area (Å²) in [5.74, 6) is -0.644. The zero-order valence-electron chi connectivity index (χ0n) is 16.2. The molecule has 0 atom stereocenters. The van der Waals surface area contributed by atoms with Crippen LogP contribution in [0.3, 0.4) is 0 Å². The van der Waals surface area contributed by atoms with Gasteiger partial charge in [0.05, 0.1) is 0 Å². The van der Waals surface area contributed by atoms with Crippen molar-refractivity contribution in [1.82, 2.24) is 15.7 Å². The first-order valence-corrected chi connectivity index (χ1v) is 9.61. The summed E-state index contributed by atoms with van der Waals surface area (Å²) in [6.45, 7) is 4.88. The quantitative estimate of drug-likeness (QED) is 0.292. The molecule has 0 radical (unpaired) electrons. The second kappa shape index (κ2) is 10.5. The van der Waals surface area contributed by atoms with E-state index >= 15 is 0 Å². The van der Waals surface area contributed by atoms with Crippen molar-refractivity contribution in [2.45, 2.75) is 6.54 Å². The van der Waals surface area contributed by atoms with Gasteiger partial charge in [0.2, 0.25) is 0 Å². The zero-order chi connectivity index (χ0) is 20.5. The molecule has 1 aliphatic heterocycles. The highest BCUT2D eigenvalue weighted by Gasteiger charge is 2.11. The number of hydrogen-bond donors (Lipinski definition) is 3. The Morgan fingerprint density at radius 2 is 1.69 bits per heavy atom. The Morgan fingerprint density at radius 1 is 1.00 bits per heavy atom. The second-order valence-electron chi connectivity index (χ2n) is 6.90. The molecule has 3 N–H and O–H groups in total. The topological polar surface area (TPSA) is 81.7 Å². The fraction of sp³-hybridized carbons (Fsp3) is 0.217. The van der Waals surface area contributed by atoms with Gasteiger partial charge >= 0.3 is 0 Å². The van der Waals surface area contributed by atoms with E-state index in [0.717, 1.165) is 49.4 Å². The Hall–Kier alpha value is -3.06. The van der Waals surface area contributed by atoms with E-state index in [0.29, 0.717) is 5.56 Å². The molecule has 1 amide bonds. The highest BCUT2D eigenvalue weighted by atomic mass is 16.5. The lowest BCUT2D eigenvalue weighted by atomic mass is 10.0. The Morgan fingerprint density at radius 3 is 2.41 bits per heavy atom. The van der Waals surface area contributed by atoms with Crippen LogP contribution < -0.4 is 10.8 Å². The van der Waals surface area contributed by atoms with Crippen molar-refractivity contribution in [1.29, 1.82) is 0 Å². The Kier molecular flexibility index (Phi) is 7.47. The minimum absolute atomic E-state index is 0.0484. The molecule has 0 saturated carbocycles. The highest BCUT2D eigenvalue weighted by molar-refractivity contribution is 6.06. The smallest absolute Gasteiger partial charge is 0.267 e. The third kappa shape index (κ3) is 6.50. The van der Waals surface area contributed by atoms with E-state index in [1.165, 1.54) is 6.08 Å². The molecule has 2 aromatic rings. The van der Waals surface area contributed by atoms with Crippen LogP contribution >= 0.6 is 0 Å². The molecule has 0 bridgehead atoms. The largest absolute Gasteiger partial charge is 0.314 e. The number of piperazine rings is 1. The monoisotopic (exact) mass is 391 g/mol. The van der Waals surface area contributed by atoms with Crippen molar-refractivity contribution in [3.05, 3.63) is 82.9 Å². The molecular formula is C23H25N3O3. The molecule has 0 aromatic heterocycles. The van der Waals surface area contributed by atoms with Crippen molar-refractivity contribution >= 4 is 23.8 Å². The summed E-state index contributed by atoms with van der Waals surface area (Å²) in [6, 6.07) is 15.2. The third-order valence-electron chi connectivity index (χ3n) is 4.70. The van der Waals surface area contributed by atoms with Gasteiger partial charge in [-0.25, -0.2) is 5.48 Å². The summed E-state index contributed by atoms with van der Waals surface area (Å²) >= 11 is 0. The van der Waals surface area contributed by atoms with E-state index in [-0.39, 0.29) is 5.78 Å². The van der Waals surface area contributed by atoms with Crippen LogP contribution in [0, 0.1) is 0 Å². The van der Waals surface area contributed by atoms with Gasteiger partial charge in [-0.1, -0.05) is 42.5 Å². The summed E-state index contributed by atoms with van der Waals surface area (Å²) in [5.41, 5.74) is 5.00. The van der Waals surface area contributed by atoms with Crippen molar-refractivity contribution in [2.24, 2.45) is 0 Å². The van der Waals surface area contributed by atoms with Gasteiger partial charge in [-0.2, -0.15) is 0 Å². The number of nitrogens with zero attached hydrogens (tertiary/aromatic N) is 1. The number of benzene rings is 2. The Labute approximate surface area is 170 Å². The molecule has 1 heterocycles. The summed E-state index contributed by atoms with van der Waals surface area (Å²) in [5, 5.41) is 11.9. The van der Waals surface area contributed by atoms with Gasteiger partial charge in [0.25, 0.3) is 5.91 Å². The van der Waals surface area contributed by atoms with Crippen LogP contribution in [0.4, 0.5) is 0 Å². The van der Waals surface area contributed by atoms with E-state index in [2.05, 4.69) is 16.3 Å². The molecule has 6 nitrogen and oxygen atoms in total. The lowest BCUT2D eigenvalue weighted by Gasteiger charge is -2.27. The molecule has 150 valence electrons. The van der Waals surface area contributed by atoms with E-state index < -0.39 is 5.91 Å². The summed E-state index contributed by atoms with van der Waals surface area (Å²) in [6.07, 6.45) is 6.14. The van der Waals surface area contributed by atoms with Crippen molar-refractivity contribution in [3.8, 4) is 0 Å². The third-order valence-corrected chi connectivity index (χ3v) is 4.70. The van der Waals surface area contributed by atoms with Crippen molar-refractivity contribution in [3.63, 3.8) is 0 Å². The van der Waals surface area contributed by atoms with E-state index in [4.69, 9.17) is 5.21 Å². The lowest BCUT2D eigenvalue weighted by Crippen LogP contribution is -2.42. The molecule has 1 saturated heterocycles. The lowest BCUT2D eigenvalue weighted by molar-refractivity contribution is -0.124. The van der Waals surface area contributed by atoms with Crippen LogP contribution in [0.15, 0.2) is 60.7 Å². The van der Waals surface area contributed by atoms with Crippen LogP contribution in [0.1, 0.15) is 27.0 Å². The van der Waals surface area contributed by atoms with E-state index in [1.54, 1.807) is 23.7 Å². The maximum absolute atomic E-state index is 12.6. The number of carbonyl (C=O) groups excluding carboxylic acids is 2. The van der Waals surface area contributed by atoms with Crippen LogP contribution in [0.5, 0.6) is 0 Å². The average molecular weight is 391 g/mol. The van der Waals surface area contributed by atoms with Gasteiger partial charge in [-0.15, -0.1) is 0 Å². The van der Waals surface area contributed by atoms with E-state index in [1.807, 2.05) is 42.5 Å². The van der Waals surface area contributed by atoms with Crippen molar-refractivity contribution < 1.29 is 14.8 Å². The maximum Gasteiger partial charge on any atom is 0.267 e. The van der Waals surface area contributed by atoms with Crippen LogP contribution in [-0.2, 0) is 11.3 Å². The number of allylic oxidation sites excluding steroid dienone is 1. The predicted octanol–water partition coefficient (Wildman–Crippen LogP) is 2.51. The van der Waals surface area contributed by atoms with Crippen LogP contribution in [0.2, 0.25) is 0 Å². The van der Waals surface area contributed by atoms with Gasteiger partial charge < -0.3 is 5.32 Å². The molecule has 6 heteroatoms. The van der Waals surface area contributed by atoms with Crippen LogP contribution in [0.25, 0.3) is 12.2 Å². The molecule has 0 aliphatic carbocycles. The fourth-order valence-corrected chi connectivity index (χ4v) is 3.19. The molecule has 2 aromatic carbocycles. The minimum Gasteiger partial charge on any atom is -0.314 e. The summed E-state index contributed by atoms with van der Waals surface area (Å²) in [4.78, 5) is 26.1. The number of amides is 1. The number of rotatable bonds is 7. The molecule has 1 fully saturated rings. The Bertz CT molecular complexity index is 915. The summed E-state index contributed by atoms with van der Waals surface area (Å²) < 4.78 is 0. The first kappa shape index (κ1) is 20.7. The average Bonchev–Trinajstić information content (AvgIpc) is 2.77. The molecule has 1 aliphatic rings. The van der Waals surface area contributed by atoms with Gasteiger partial charge in [-0.3, -0.25) is 19.7 Å². The first-order valence-electron chi connectivity index (χ1n) is 9.61. The van der Waals surface area contributed by atoms with Crippen LogP contribution in [-0.4, -0.2) is 48.0 Å².